The molecule has 1 fully saturated rings. The molecule has 0 unspecified atom stereocenters. The third-order valence-electron chi connectivity index (χ3n) is 3.95. The molecule has 1 N–H and O–H groups in total. The van der Waals surface area contributed by atoms with Gasteiger partial charge in [-0.25, -0.2) is 4.39 Å². The summed E-state index contributed by atoms with van der Waals surface area (Å²) in [6.45, 7) is 0.560. The van der Waals surface area contributed by atoms with Crippen molar-refractivity contribution in [3.63, 3.8) is 0 Å². The van der Waals surface area contributed by atoms with E-state index in [1.54, 1.807) is 12.1 Å². The molecule has 1 aliphatic carbocycles. The summed E-state index contributed by atoms with van der Waals surface area (Å²) in [6, 6.07) is 16.2. The van der Waals surface area contributed by atoms with Gasteiger partial charge in [-0.2, -0.15) is 0 Å². The SMILES string of the molecule is O=C(NCC1(c2ccccc2)CC1)c1ccccc1F. The zero-order chi connectivity index (χ0) is 14.0. The van der Waals surface area contributed by atoms with Gasteiger partial charge in [-0.15, -0.1) is 0 Å². The van der Waals surface area contributed by atoms with Crippen LogP contribution in [0.15, 0.2) is 54.6 Å². The van der Waals surface area contributed by atoms with Crippen LogP contribution in [0.1, 0.15) is 28.8 Å². The molecule has 0 aromatic heterocycles. The van der Waals surface area contributed by atoms with Crippen LogP contribution in [0.4, 0.5) is 4.39 Å². The molecule has 0 atom stereocenters. The number of nitrogens with one attached hydrogen (secondary N) is 1. The minimum absolute atomic E-state index is 0.0438. The number of carbonyl (C=O) groups excluding carboxylic acids is 1. The van der Waals surface area contributed by atoms with Crippen molar-refractivity contribution in [1.82, 2.24) is 5.32 Å². The monoisotopic (exact) mass is 269 g/mol. The first kappa shape index (κ1) is 12.9. The maximum Gasteiger partial charge on any atom is 0.254 e. The molecule has 0 saturated heterocycles. The van der Waals surface area contributed by atoms with Gasteiger partial charge in [0.25, 0.3) is 5.91 Å². The summed E-state index contributed by atoms with van der Waals surface area (Å²) in [5.74, 6) is -0.820. The fourth-order valence-corrected chi connectivity index (χ4v) is 2.50. The van der Waals surface area contributed by atoms with Crippen LogP contribution in [0, 0.1) is 5.82 Å². The average molecular weight is 269 g/mol. The van der Waals surface area contributed by atoms with Crippen molar-refractivity contribution in [1.29, 1.82) is 0 Å². The number of halogens is 1. The van der Waals surface area contributed by atoms with Crippen LogP contribution in [-0.2, 0) is 5.41 Å². The highest BCUT2D eigenvalue weighted by Crippen LogP contribution is 2.47. The van der Waals surface area contributed by atoms with E-state index in [1.165, 1.54) is 17.7 Å². The van der Waals surface area contributed by atoms with Gasteiger partial charge in [-0.3, -0.25) is 4.79 Å². The molecule has 2 aromatic carbocycles. The molecule has 1 saturated carbocycles. The van der Waals surface area contributed by atoms with Crippen molar-refractivity contribution in [2.24, 2.45) is 0 Å². The second kappa shape index (κ2) is 5.08. The lowest BCUT2D eigenvalue weighted by Gasteiger charge is -2.16. The lowest BCUT2D eigenvalue weighted by Crippen LogP contribution is -2.32. The van der Waals surface area contributed by atoms with E-state index in [2.05, 4.69) is 17.4 Å². The zero-order valence-corrected chi connectivity index (χ0v) is 11.1. The number of amides is 1. The van der Waals surface area contributed by atoms with E-state index in [9.17, 15) is 9.18 Å². The molecule has 20 heavy (non-hydrogen) atoms. The zero-order valence-electron chi connectivity index (χ0n) is 11.1. The van der Waals surface area contributed by atoms with E-state index in [4.69, 9.17) is 0 Å². The second-order valence-corrected chi connectivity index (χ2v) is 5.31. The minimum atomic E-state index is -0.477. The highest BCUT2D eigenvalue weighted by Gasteiger charge is 2.44. The maximum absolute atomic E-state index is 13.5. The number of carbonyl (C=O) groups is 1. The molecular weight excluding hydrogens is 253 g/mol. The molecule has 3 rings (SSSR count). The Hall–Kier alpha value is -2.16. The Balaban J connectivity index is 1.69. The van der Waals surface area contributed by atoms with Crippen molar-refractivity contribution in [3.8, 4) is 0 Å². The standard InChI is InChI=1S/C17H16FNO/c18-15-9-5-4-8-14(15)16(20)19-12-17(10-11-17)13-6-2-1-3-7-13/h1-9H,10-12H2,(H,19,20). The van der Waals surface area contributed by atoms with E-state index >= 15 is 0 Å². The fraction of sp³-hybridized carbons (Fsp3) is 0.235. The Bertz CT molecular complexity index is 620. The molecule has 0 aliphatic heterocycles. The number of hydrogen-bond acceptors (Lipinski definition) is 1. The van der Waals surface area contributed by atoms with Crippen molar-refractivity contribution in [3.05, 3.63) is 71.5 Å². The Morgan fingerprint density at radius 3 is 2.35 bits per heavy atom. The molecule has 3 heteroatoms. The summed E-state index contributed by atoms with van der Waals surface area (Å²) >= 11 is 0. The van der Waals surface area contributed by atoms with E-state index in [-0.39, 0.29) is 16.9 Å². The third-order valence-corrected chi connectivity index (χ3v) is 3.95. The lowest BCUT2D eigenvalue weighted by atomic mass is 9.96. The van der Waals surface area contributed by atoms with Crippen LogP contribution in [0.3, 0.4) is 0 Å². The third kappa shape index (κ3) is 2.44. The van der Waals surface area contributed by atoms with Crippen molar-refractivity contribution < 1.29 is 9.18 Å². The van der Waals surface area contributed by atoms with Crippen LogP contribution in [-0.4, -0.2) is 12.5 Å². The van der Waals surface area contributed by atoms with Crippen molar-refractivity contribution >= 4 is 5.91 Å². The van der Waals surface area contributed by atoms with Gasteiger partial charge in [0, 0.05) is 12.0 Å². The average Bonchev–Trinajstić information content (AvgIpc) is 3.27. The molecule has 1 amide bonds. The summed E-state index contributed by atoms with van der Waals surface area (Å²) in [4.78, 5) is 12.0. The van der Waals surface area contributed by atoms with Gasteiger partial charge in [0.1, 0.15) is 5.82 Å². The largest absolute Gasteiger partial charge is 0.351 e. The molecule has 102 valence electrons. The lowest BCUT2D eigenvalue weighted by molar-refractivity contribution is 0.0945. The van der Waals surface area contributed by atoms with E-state index in [1.807, 2.05) is 18.2 Å². The van der Waals surface area contributed by atoms with Gasteiger partial charge in [0.15, 0.2) is 0 Å². The molecule has 2 nitrogen and oxygen atoms in total. The Morgan fingerprint density at radius 2 is 1.70 bits per heavy atom. The van der Waals surface area contributed by atoms with Crippen LogP contribution < -0.4 is 5.32 Å². The Kier molecular flexibility index (Phi) is 3.26. The summed E-state index contributed by atoms with van der Waals surface area (Å²) in [6.07, 6.45) is 2.13. The van der Waals surface area contributed by atoms with Crippen LogP contribution in [0.25, 0.3) is 0 Å². The summed E-state index contributed by atoms with van der Waals surface area (Å²) in [7, 11) is 0. The van der Waals surface area contributed by atoms with E-state index in [0.717, 1.165) is 12.8 Å². The molecule has 0 radical (unpaired) electrons. The summed E-state index contributed by atoms with van der Waals surface area (Å²) < 4.78 is 13.5. The minimum Gasteiger partial charge on any atom is -0.351 e. The summed E-state index contributed by atoms with van der Waals surface area (Å²) in [5, 5.41) is 2.86. The topological polar surface area (TPSA) is 29.1 Å². The van der Waals surface area contributed by atoms with Gasteiger partial charge in [0.2, 0.25) is 0 Å². The number of hydrogen-bond donors (Lipinski definition) is 1. The second-order valence-electron chi connectivity index (χ2n) is 5.31. The quantitative estimate of drug-likeness (QED) is 0.906. The molecule has 1 aliphatic rings. The van der Waals surface area contributed by atoms with Gasteiger partial charge in [-0.1, -0.05) is 42.5 Å². The predicted molar refractivity (Wildman–Crippen MR) is 76.1 cm³/mol. The molecule has 0 bridgehead atoms. The smallest absolute Gasteiger partial charge is 0.254 e. The maximum atomic E-state index is 13.5. The van der Waals surface area contributed by atoms with E-state index < -0.39 is 5.82 Å². The first-order valence-corrected chi connectivity index (χ1v) is 6.80. The number of rotatable bonds is 4. The van der Waals surface area contributed by atoms with Gasteiger partial charge >= 0.3 is 0 Å². The first-order valence-electron chi connectivity index (χ1n) is 6.80. The highest BCUT2D eigenvalue weighted by molar-refractivity contribution is 5.94. The van der Waals surface area contributed by atoms with Gasteiger partial charge < -0.3 is 5.32 Å². The van der Waals surface area contributed by atoms with E-state index in [0.29, 0.717) is 6.54 Å². The molecular formula is C17H16FNO. The highest BCUT2D eigenvalue weighted by atomic mass is 19.1. The molecule has 0 spiro atoms. The van der Waals surface area contributed by atoms with Gasteiger partial charge in [0.05, 0.1) is 5.56 Å². The van der Waals surface area contributed by atoms with Gasteiger partial charge in [-0.05, 0) is 30.5 Å². The van der Waals surface area contributed by atoms with Crippen LogP contribution in [0.2, 0.25) is 0 Å². The van der Waals surface area contributed by atoms with Crippen LogP contribution in [0.5, 0.6) is 0 Å². The molecule has 0 heterocycles. The number of benzene rings is 2. The predicted octanol–water partition coefficient (Wildman–Crippen LogP) is 3.29. The molecule has 2 aromatic rings. The normalized spacial score (nSPS) is 15.7. The summed E-state index contributed by atoms with van der Waals surface area (Å²) in [5.41, 5.74) is 1.40. The van der Waals surface area contributed by atoms with Crippen molar-refractivity contribution in [2.45, 2.75) is 18.3 Å². The van der Waals surface area contributed by atoms with Crippen LogP contribution >= 0.6 is 0 Å². The Labute approximate surface area is 117 Å². The van der Waals surface area contributed by atoms with Crippen molar-refractivity contribution in [2.75, 3.05) is 6.54 Å². The first-order chi connectivity index (χ1) is 9.71. The fourth-order valence-electron chi connectivity index (χ4n) is 2.50. The Morgan fingerprint density at radius 1 is 1.05 bits per heavy atom.